The SMILES string of the molecule is Cc1c(CC(=O)N2CCCC2C(=O)O)c(=O)oc2cc(O)ccc12. The second-order valence-corrected chi connectivity index (χ2v) is 5.93. The Kier molecular flexibility index (Phi) is 4.01. The van der Waals surface area contributed by atoms with Crippen LogP contribution in [0.4, 0.5) is 0 Å². The van der Waals surface area contributed by atoms with Crippen molar-refractivity contribution in [2.45, 2.75) is 32.2 Å². The van der Waals surface area contributed by atoms with Gasteiger partial charge in [-0.05, 0) is 37.5 Å². The summed E-state index contributed by atoms with van der Waals surface area (Å²) in [7, 11) is 0. The van der Waals surface area contributed by atoms with E-state index >= 15 is 0 Å². The number of likely N-dealkylation sites (tertiary alicyclic amines) is 1. The Hall–Kier alpha value is -2.83. The van der Waals surface area contributed by atoms with Crippen molar-refractivity contribution in [3.63, 3.8) is 0 Å². The molecule has 0 bridgehead atoms. The molecule has 0 spiro atoms. The van der Waals surface area contributed by atoms with Crippen LogP contribution < -0.4 is 5.63 Å². The number of phenolic OH excluding ortho intramolecular Hbond substituents is 1. The highest BCUT2D eigenvalue weighted by atomic mass is 16.4. The molecule has 1 aliphatic rings. The summed E-state index contributed by atoms with van der Waals surface area (Å²) in [5.74, 6) is -1.44. The molecule has 3 rings (SSSR count). The normalized spacial score (nSPS) is 17.4. The van der Waals surface area contributed by atoms with E-state index in [4.69, 9.17) is 4.42 Å². The summed E-state index contributed by atoms with van der Waals surface area (Å²) in [4.78, 5) is 37.2. The average molecular weight is 331 g/mol. The van der Waals surface area contributed by atoms with Gasteiger partial charge in [0.2, 0.25) is 5.91 Å². The summed E-state index contributed by atoms with van der Waals surface area (Å²) in [6, 6.07) is 3.60. The molecular formula is C17H17NO6. The van der Waals surface area contributed by atoms with Crippen LogP contribution in [-0.2, 0) is 16.0 Å². The van der Waals surface area contributed by atoms with Crippen LogP contribution in [0.15, 0.2) is 27.4 Å². The fourth-order valence-electron chi connectivity index (χ4n) is 3.16. The molecule has 1 unspecified atom stereocenters. The summed E-state index contributed by atoms with van der Waals surface area (Å²) in [6.45, 7) is 2.08. The van der Waals surface area contributed by atoms with Crippen LogP contribution in [-0.4, -0.2) is 39.6 Å². The maximum Gasteiger partial charge on any atom is 0.340 e. The van der Waals surface area contributed by atoms with E-state index in [1.54, 1.807) is 13.0 Å². The fraction of sp³-hybridized carbons (Fsp3) is 0.353. The Morgan fingerprint density at radius 2 is 2.12 bits per heavy atom. The van der Waals surface area contributed by atoms with Gasteiger partial charge in [0.1, 0.15) is 17.4 Å². The Morgan fingerprint density at radius 3 is 2.83 bits per heavy atom. The van der Waals surface area contributed by atoms with Gasteiger partial charge in [0.05, 0.1) is 12.0 Å². The lowest BCUT2D eigenvalue weighted by atomic mass is 10.0. The monoisotopic (exact) mass is 331 g/mol. The van der Waals surface area contributed by atoms with Gasteiger partial charge < -0.3 is 19.5 Å². The Morgan fingerprint density at radius 1 is 1.38 bits per heavy atom. The van der Waals surface area contributed by atoms with Gasteiger partial charge in [0.25, 0.3) is 0 Å². The second kappa shape index (κ2) is 5.99. The number of carbonyl (C=O) groups excluding carboxylic acids is 1. The molecule has 1 aromatic heterocycles. The van der Waals surface area contributed by atoms with E-state index in [0.717, 1.165) is 0 Å². The highest BCUT2D eigenvalue weighted by molar-refractivity contribution is 5.88. The molecule has 2 aromatic rings. The van der Waals surface area contributed by atoms with Crippen molar-refractivity contribution < 1.29 is 24.2 Å². The third kappa shape index (κ3) is 2.73. The molecule has 1 fully saturated rings. The maximum absolute atomic E-state index is 12.5. The molecule has 24 heavy (non-hydrogen) atoms. The Balaban J connectivity index is 1.95. The first-order valence-electron chi connectivity index (χ1n) is 7.66. The third-order valence-electron chi connectivity index (χ3n) is 4.46. The van der Waals surface area contributed by atoms with Crippen molar-refractivity contribution in [1.82, 2.24) is 4.90 Å². The Labute approximate surface area is 137 Å². The van der Waals surface area contributed by atoms with Gasteiger partial charge in [-0.15, -0.1) is 0 Å². The molecule has 1 aromatic carbocycles. The van der Waals surface area contributed by atoms with Crippen molar-refractivity contribution >= 4 is 22.8 Å². The molecule has 7 heteroatoms. The molecular weight excluding hydrogens is 314 g/mol. The van der Waals surface area contributed by atoms with Crippen LogP contribution in [0.2, 0.25) is 0 Å². The van der Waals surface area contributed by atoms with Crippen LogP contribution in [0.5, 0.6) is 5.75 Å². The number of hydrogen-bond acceptors (Lipinski definition) is 5. The number of phenols is 1. The highest BCUT2D eigenvalue weighted by Crippen LogP contribution is 2.24. The van der Waals surface area contributed by atoms with Crippen LogP contribution >= 0.6 is 0 Å². The topological polar surface area (TPSA) is 108 Å². The zero-order valence-corrected chi connectivity index (χ0v) is 13.1. The minimum absolute atomic E-state index is 0.0183. The number of fused-ring (bicyclic) bond motifs is 1. The van der Waals surface area contributed by atoms with Gasteiger partial charge in [0, 0.05) is 18.0 Å². The van der Waals surface area contributed by atoms with Crippen molar-refractivity contribution in [3.8, 4) is 5.75 Å². The van der Waals surface area contributed by atoms with Gasteiger partial charge in [0.15, 0.2) is 0 Å². The second-order valence-electron chi connectivity index (χ2n) is 5.93. The number of hydrogen-bond donors (Lipinski definition) is 2. The van der Waals surface area contributed by atoms with Crippen molar-refractivity contribution in [2.75, 3.05) is 6.54 Å². The minimum Gasteiger partial charge on any atom is -0.508 e. The predicted molar refractivity (Wildman–Crippen MR) is 85.0 cm³/mol. The van der Waals surface area contributed by atoms with Crippen LogP contribution in [0.3, 0.4) is 0 Å². The smallest absolute Gasteiger partial charge is 0.340 e. The number of aromatic hydroxyl groups is 1. The summed E-state index contributed by atoms with van der Waals surface area (Å²) < 4.78 is 5.19. The van der Waals surface area contributed by atoms with E-state index in [2.05, 4.69) is 0 Å². The lowest BCUT2D eigenvalue weighted by molar-refractivity contribution is -0.148. The van der Waals surface area contributed by atoms with Crippen LogP contribution in [0.25, 0.3) is 11.0 Å². The van der Waals surface area contributed by atoms with E-state index < -0.39 is 23.5 Å². The lowest BCUT2D eigenvalue weighted by Gasteiger charge is -2.21. The standard InChI is InChI=1S/C17H17NO6/c1-9-11-5-4-10(19)7-14(11)24-17(23)12(9)8-15(20)18-6-2-3-13(18)16(21)22/h4-5,7,13,19H,2-3,6,8H2,1H3,(H,21,22). The van der Waals surface area contributed by atoms with Crippen LogP contribution in [0, 0.1) is 6.92 Å². The summed E-state index contributed by atoms with van der Waals surface area (Å²) in [6.07, 6.45) is 0.855. The largest absolute Gasteiger partial charge is 0.508 e. The summed E-state index contributed by atoms with van der Waals surface area (Å²) in [5, 5.41) is 19.3. The van der Waals surface area contributed by atoms with Crippen molar-refractivity contribution in [1.29, 1.82) is 0 Å². The predicted octanol–water partition coefficient (Wildman–Crippen LogP) is 1.43. The van der Waals surface area contributed by atoms with E-state index in [-0.39, 0.29) is 23.3 Å². The van der Waals surface area contributed by atoms with E-state index in [1.165, 1.54) is 17.0 Å². The number of benzene rings is 1. The molecule has 2 heterocycles. The number of carboxylic acid groups (broad SMARTS) is 1. The number of amides is 1. The molecule has 0 radical (unpaired) electrons. The zero-order valence-electron chi connectivity index (χ0n) is 13.1. The molecule has 7 nitrogen and oxygen atoms in total. The molecule has 126 valence electrons. The number of carbonyl (C=O) groups is 2. The van der Waals surface area contributed by atoms with E-state index in [1.807, 2.05) is 0 Å². The number of rotatable bonds is 3. The zero-order chi connectivity index (χ0) is 17.4. The molecule has 0 aliphatic carbocycles. The van der Waals surface area contributed by atoms with Gasteiger partial charge in [-0.1, -0.05) is 0 Å². The molecule has 1 amide bonds. The number of aryl methyl sites for hydroxylation is 1. The number of aliphatic carboxylic acids is 1. The first-order chi connectivity index (χ1) is 11.4. The van der Waals surface area contributed by atoms with Gasteiger partial charge >= 0.3 is 11.6 Å². The van der Waals surface area contributed by atoms with Crippen molar-refractivity contribution in [3.05, 3.63) is 39.7 Å². The highest BCUT2D eigenvalue weighted by Gasteiger charge is 2.34. The Bertz CT molecular complexity index is 885. The fourth-order valence-corrected chi connectivity index (χ4v) is 3.16. The molecule has 2 N–H and O–H groups in total. The van der Waals surface area contributed by atoms with Gasteiger partial charge in [-0.25, -0.2) is 9.59 Å². The average Bonchev–Trinajstić information content (AvgIpc) is 3.00. The third-order valence-corrected chi connectivity index (χ3v) is 4.46. The number of carboxylic acids is 1. The molecule has 0 saturated carbocycles. The van der Waals surface area contributed by atoms with Crippen LogP contribution in [0.1, 0.15) is 24.0 Å². The maximum atomic E-state index is 12.5. The van der Waals surface area contributed by atoms with E-state index in [0.29, 0.717) is 30.3 Å². The lowest BCUT2D eigenvalue weighted by Crippen LogP contribution is -2.41. The molecule has 1 atom stereocenters. The number of nitrogens with zero attached hydrogens (tertiary/aromatic N) is 1. The molecule has 1 saturated heterocycles. The van der Waals surface area contributed by atoms with Crippen molar-refractivity contribution in [2.24, 2.45) is 0 Å². The minimum atomic E-state index is -1.03. The summed E-state index contributed by atoms with van der Waals surface area (Å²) in [5.41, 5.74) is 0.415. The van der Waals surface area contributed by atoms with E-state index in [9.17, 15) is 24.6 Å². The quantitative estimate of drug-likeness (QED) is 0.824. The van der Waals surface area contributed by atoms with Gasteiger partial charge in [-0.2, -0.15) is 0 Å². The first-order valence-corrected chi connectivity index (χ1v) is 7.66. The molecule has 1 aliphatic heterocycles. The van der Waals surface area contributed by atoms with Gasteiger partial charge in [-0.3, -0.25) is 4.79 Å². The first kappa shape index (κ1) is 16.0. The summed E-state index contributed by atoms with van der Waals surface area (Å²) >= 11 is 0.